The van der Waals surface area contributed by atoms with Crippen molar-refractivity contribution in [1.29, 1.82) is 0 Å². The van der Waals surface area contributed by atoms with E-state index in [4.69, 9.17) is 14.3 Å². The first-order valence-corrected chi connectivity index (χ1v) is 8.03. The Hall–Kier alpha value is -1.99. The smallest absolute Gasteiger partial charge is 0.271 e. The van der Waals surface area contributed by atoms with Crippen molar-refractivity contribution in [3.8, 4) is 5.75 Å². The summed E-state index contributed by atoms with van der Waals surface area (Å²) in [4.78, 5) is 0. The summed E-state index contributed by atoms with van der Waals surface area (Å²) in [7, 11) is -3.81. The van der Waals surface area contributed by atoms with Gasteiger partial charge in [0.1, 0.15) is 11.5 Å². The maximum absolute atomic E-state index is 11.1. The van der Waals surface area contributed by atoms with Crippen molar-refractivity contribution in [2.45, 2.75) is 25.5 Å². The summed E-state index contributed by atoms with van der Waals surface area (Å²) in [5, 5.41) is 7.91. The van der Waals surface area contributed by atoms with Crippen LogP contribution in [0.15, 0.2) is 39.8 Å². The molecule has 0 spiro atoms. The normalized spacial score (nSPS) is 11.4. The molecule has 0 atom stereocenters. The van der Waals surface area contributed by atoms with Gasteiger partial charge in [-0.3, -0.25) is 0 Å². The molecule has 1 heterocycles. The number of ether oxygens (including phenoxy) is 1. The molecule has 0 radical (unpaired) electrons. The van der Waals surface area contributed by atoms with Crippen molar-refractivity contribution in [1.82, 2.24) is 0 Å². The van der Waals surface area contributed by atoms with Gasteiger partial charge in [-0.1, -0.05) is 6.07 Å². The molecule has 0 aliphatic rings. The Kier molecular flexibility index (Phi) is 4.54. The van der Waals surface area contributed by atoms with Gasteiger partial charge in [-0.15, -0.1) is 0 Å². The van der Waals surface area contributed by atoms with E-state index in [1.54, 1.807) is 6.07 Å². The molecule has 2 rings (SSSR count). The van der Waals surface area contributed by atoms with E-state index in [0.29, 0.717) is 18.9 Å². The highest BCUT2D eigenvalue weighted by atomic mass is 32.2. The molecule has 0 fully saturated rings. The number of nitrogens with one attached hydrogen (secondary N) is 1. The van der Waals surface area contributed by atoms with Crippen LogP contribution in [0, 0.1) is 6.92 Å². The second-order valence-corrected chi connectivity index (χ2v) is 6.04. The maximum Gasteiger partial charge on any atom is 0.271 e. The Balaban J connectivity index is 2.11. The van der Waals surface area contributed by atoms with Gasteiger partial charge in [-0.25, -0.2) is 13.6 Å². The van der Waals surface area contributed by atoms with Crippen LogP contribution in [-0.2, 0) is 16.6 Å². The topological polar surface area (TPSA) is 94.6 Å². The number of hydrogen-bond acceptors (Lipinski definition) is 5. The number of rotatable bonds is 6. The van der Waals surface area contributed by atoms with Gasteiger partial charge in [-0.05, 0) is 43.7 Å². The maximum atomic E-state index is 11.1. The van der Waals surface area contributed by atoms with Crippen molar-refractivity contribution in [2.75, 3.05) is 11.9 Å². The van der Waals surface area contributed by atoms with Crippen LogP contribution in [0.3, 0.4) is 0 Å². The van der Waals surface area contributed by atoms with Crippen LogP contribution in [-0.4, -0.2) is 15.0 Å². The SMILES string of the molecule is CCOc1cc(C)ccc1NCc1ccc(S(N)(=O)=O)o1. The van der Waals surface area contributed by atoms with Gasteiger partial charge in [0.05, 0.1) is 18.8 Å². The third-order valence-corrected chi connectivity index (χ3v) is 3.59. The summed E-state index contributed by atoms with van der Waals surface area (Å²) in [5.74, 6) is 1.22. The monoisotopic (exact) mass is 310 g/mol. The zero-order valence-corrected chi connectivity index (χ0v) is 12.7. The van der Waals surface area contributed by atoms with Gasteiger partial charge < -0.3 is 14.5 Å². The number of nitrogens with two attached hydrogens (primary N) is 1. The molecule has 2 aromatic rings. The van der Waals surface area contributed by atoms with E-state index in [1.165, 1.54) is 6.07 Å². The second kappa shape index (κ2) is 6.19. The molecule has 114 valence electrons. The van der Waals surface area contributed by atoms with Crippen molar-refractivity contribution >= 4 is 15.7 Å². The zero-order chi connectivity index (χ0) is 15.5. The van der Waals surface area contributed by atoms with Crippen molar-refractivity contribution < 1.29 is 17.6 Å². The quantitative estimate of drug-likeness (QED) is 0.853. The molecule has 1 aromatic heterocycles. The fourth-order valence-electron chi connectivity index (χ4n) is 1.84. The summed E-state index contributed by atoms with van der Waals surface area (Å²) in [5.41, 5.74) is 1.91. The summed E-state index contributed by atoms with van der Waals surface area (Å²) in [6, 6.07) is 8.71. The van der Waals surface area contributed by atoms with E-state index >= 15 is 0 Å². The van der Waals surface area contributed by atoms with Crippen LogP contribution in [0.5, 0.6) is 5.75 Å². The van der Waals surface area contributed by atoms with Gasteiger partial charge in [0, 0.05) is 0 Å². The number of aryl methyl sites for hydroxylation is 1. The van der Waals surface area contributed by atoms with Crippen LogP contribution in [0.25, 0.3) is 0 Å². The fourth-order valence-corrected chi connectivity index (χ4v) is 2.32. The standard InChI is InChI=1S/C14H18N2O4S/c1-3-19-13-8-10(2)4-6-12(13)16-9-11-5-7-14(20-11)21(15,17)18/h4-8,16H,3,9H2,1-2H3,(H2,15,17,18). The lowest BCUT2D eigenvalue weighted by Gasteiger charge is -2.12. The molecule has 0 bridgehead atoms. The minimum Gasteiger partial charge on any atom is -0.492 e. The fraction of sp³-hybridized carbons (Fsp3) is 0.286. The number of sulfonamides is 1. The van der Waals surface area contributed by atoms with Crippen molar-refractivity contribution in [3.05, 3.63) is 41.7 Å². The van der Waals surface area contributed by atoms with Gasteiger partial charge in [0.2, 0.25) is 5.09 Å². The van der Waals surface area contributed by atoms with Crippen LogP contribution < -0.4 is 15.2 Å². The molecule has 0 saturated carbocycles. The Morgan fingerprint density at radius 2 is 2.05 bits per heavy atom. The first kappa shape index (κ1) is 15.4. The highest BCUT2D eigenvalue weighted by Gasteiger charge is 2.13. The molecule has 0 amide bonds. The van der Waals surface area contributed by atoms with E-state index in [1.807, 2.05) is 32.0 Å². The largest absolute Gasteiger partial charge is 0.492 e. The Labute approximate surface area is 124 Å². The minimum atomic E-state index is -3.81. The molecule has 0 aliphatic heterocycles. The Morgan fingerprint density at radius 3 is 2.67 bits per heavy atom. The van der Waals surface area contributed by atoms with Gasteiger partial charge in [0.15, 0.2) is 0 Å². The lowest BCUT2D eigenvalue weighted by Crippen LogP contribution is -2.10. The molecule has 0 unspecified atom stereocenters. The van der Waals surface area contributed by atoms with Crippen LogP contribution >= 0.6 is 0 Å². The highest BCUT2D eigenvalue weighted by Crippen LogP contribution is 2.26. The molecule has 7 heteroatoms. The predicted octanol–water partition coefficient (Wildman–Crippen LogP) is 2.25. The predicted molar refractivity (Wildman–Crippen MR) is 79.8 cm³/mol. The van der Waals surface area contributed by atoms with E-state index in [9.17, 15) is 8.42 Å². The van der Waals surface area contributed by atoms with Crippen LogP contribution in [0.4, 0.5) is 5.69 Å². The lowest BCUT2D eigenvalue weighted by atomic mass is 10.2. The first-order chi connectivity index (χ1) is 9.90. The summed E-state index contributed by atoms with van der Waals surface area (Å²) < 4.78 is 33.0. The van der Waals surface area contributed by atoms with Gasteiger partial charge in [0.25, 0.3) is 10.0 Å². The van der Waals surface area contributed by atoms with Crippen LogP contribution in [0.1, 0.15) is 18.2 Å². The van der Waals surface area contributed by atoms with Gasteiger partial charge >= 0.3 is 0 Å². The van der Waals surface area contributed by atoms with Crippen LogP contribution in [0.2, 0.25) is 0 Å². The summed E-state index contributed by atoms with van der Waals surface area (Å²) >= 11 is 0. The molecule has 21 heavy (non-hydrogen) atoms. The molecule has 1 aromatic carbocycles. The van der Waals surface area contributed by atoms with Crippen molar-refractivity contribution in [2.24, 2.45) is 5.14 Å². The number of benzene rings is 1. The summed E-state index contributed by atoms with van der Waals surface area (Å²) in [6.45, 7) is 4.79. The zero-order valence-electron chi connectivity index (χ0n) is 11.9. The molecular formula is C14H18N2O4S. The Morgan fingerprint density at radius 1 is 1.29 bits per heavy atom. The second-order valence-electron chi connectivity index (χ2n) is 4.55. The number of anilines is 1. The van der Waals surface area contributed by atoms with E-state index in [-0.39, 0.29) is 5.09 Å². The van der Waals surface area contributed by atoms with E-state index in [0.717, 1.165) is 17.0 Å². The molecule has 6 nitrogen and oxygen atoms in total. The molecular weight excluding hydrogens is 292 g/mol. The van der Waals surface area contributed by atoms with Crippen molar-refractivity contribution in [3.63, 3.8) is 0 Å². The Bertz CT molecular complexity index is 722. The first-order valence-electron chi connectivity index (χ1n) is 6.49. The van der Waals surface area contributed by atoms with E-state index in [2.05, 4.69) is 5.32 Å². The molecule has 0 saturated heterocycles. The number of primary sulfonamides is 1. The number of furan rings is 1. The lowest BCUT2D eigenvalue weighted by molar-refractivity contribution is 0.341. The number of hydrogen-bond donors (Lipinski definition) is 2. The molecule has 0 aliphatic carbocycles. The van der Waals surface area contributed by atoms with Gasteiger partial charge in [-0.2, -0.15) is 0 Å². The average Bonchev–Trinajstić information content (AvgIpc) is 2.87. The average molecular weight is 310 g/mol. The molecule has 3 N–H and O–H groups in total. The third kappa shape index (κ3) is 3.99. The highest BCUT2D eigenvalue weighted by molar-refractivity contribution is 7.89. The third-order valence-electron chi connectivity index (χ3n) is 2.81. The minimum absolute atomic E-state index is 0.242. The van der Waals surface area contributed by atoms with E-state index < -0.39 is 10.0 Å². The summed E-state index contributed by atoms with van der Waals surface area (Å²) in [6.07, 6.45) is 0.